The van der Waals surface area contributed by atoms with E-state index in [-0.39, 0.29) is 11.5 Å². The first kappa shape index (κ1) is 34.8. The average Bonchev–Trinajstić information content (AvgIpc) is 3.17. The van der Waals surface area contributed by atoms with Crippen molar-refractivity contribution in [1.29, 1.82) is 0 Å². The van der Waals surface area contributed by atoms with Gasteiger partial charge in [-0.3, -0.25) is 0 Å². The normalized spacial score (nSPS) is 12.4. The molecule has 0 aliphatic rings. The van der Waals surface area contributed by atoms with Crippen molar-refractivity contribution < 1.29 is 14.7 Å². The van der Waals surface area contributed by atoms with Crippen molar-refractivity contribution in [1.82, 2.24) is 0 Å². The Morgan fingerprint density at radius 3 is 0.942 bits per heavy atom. The Hall–Kier alpha value is -5.63. The van der Waals surface area contributed by atoms with Gasteiger partial charge in [0.05, 0.1) is 0 Å². The second-order valence-corrected chi connectivity index (χ2v) is 19.4. The van der Waals surface area contributed by atoms with E-state index in [4.69, 9.17) is 4.52 Å². The Morgan fingerprint density at radius 2 is 0.654 bits per heavy atom. The molecule has 260 valence electrons. The Kier molecular flexibility index (Phi) is 9.99. The molecule has 0 bridgehead atoms. The molecule has 7 aromatic carbocycles. The summed E-state index contributed by atoms with van der Waals surface area (Å²) in [6.45, 7) is -1.15. The molecule has 0 aliphatic heterocycles. The van der Waals surface area contributed by atoms with E-state index >= 15 is 0 Å². The zero-order valence-corrected chi connectivity index (χ0v) is 30.4. The molecule has 2 N–H and O–H groups in total. The van der Waals surface area contributed by atoms with Gasteiger partial charge < -0.3 is 0 Å². The van der Waals surface area contributed by atoms with Gasteiger partial charge in [0.1, 0.15) is 0 Å². The first-order valence-electron chi connectivity index (χ1n) is 17.9. The Morgan fingerprint density at radius 1 is 0.385 bits per heavy atom. The molecule has 0 spiro atoms. The average molecular weight is 701 g/mol. The summed E-state index contributed by atoms with van der Waals surface area (Å²) >= 11 is 0. The van der Waals surface area contributed by atoms with E-state index in [1.54, 1.807) is 24.3 Å². The van der Waals surface area contributed by atoms with Gasteiger partial charge in [0.25, 0.3) is 0 Å². The van der Waals surface area contributed by atoms with Crippen molar-refractivity contribution in [2.45, 2.75) is 37.0 Å². The van der Waals surface area contributed by atoms with Crippen LogP contribution in [0.5, 0.6) is 17.2 Å². The maximum atomic E-state index is 10.1. The van der Waals surface area contributed by atoms with Crippen molar-refractivity contribution >= 4 is 6.83 Å². The van der Waals surface area contributed by atoms with Crippen molar-refractivity contribution in [3.63, 3.8) is 0 Å². The van der Waals surface area contributed by atoms with E-state index in [0.29, 0.717) is 0 Å². The van der Waals surface area contributed by atoms with Crippen molar-refractivity contribution in [2.24, 2.45) is 0 Å². The molecule has 0 amide bonds. The van der Waals surface area contributed by atoms with Gasteiger partial charge in [-0.05, 0) is 0 Å². The molecule has 4 heteroatoms. The second kappa shape index (κ2) is 14.9. The summed E-state index contributed by atoms with van der Waals surface area (Å²) in [6, 6.07) is 66.8. The molecular formula is C48H45O3P. The van der Waals surface area contributed by atoms with Gasteiger partial charge in [-0.1, -0.05) is 0 Å². The minimum absolute atomic E-state index is 0.223. The molecule has 0 heterocycles. The summed E-state index contributed by atoms with van der Waals surface area (Å²) in [7, 11) is 0. The number of phenols is 2. The number of hydrogen-bond acceptors (Lipinski definition) is 3. The third-order valence-corrected chi connectivity index (χ3v) is 15.8. The van der Waals surface area contributed by atoms with E-state index in [2.05, 4.69) is 153 Å². The molecule has 0 atom stereocenters. The summed E-state index contributed by atoms with van der Waals surface area (Å²) in [5, 5.41) is 20.3. The van der Waals surface area contributed by atoms with Gasteiger partial charge in [-0.15, -0.1) is 0 Å². The summed E-state index contributed by atoms with van der Waals surface area (Å²) in [5.74, 6) is 1.29. The number of rotatable bonds is 13. The predicted octanol–water partition coefficient (Wildman–Crippen LogP) is 12.1. The van der Waals surface area contributed by atoms with Gasteiger partial charge >= 0.3 is 309 Å². The predicted molar refractivity (Wildman–Crippen MR) is 216 cm³/mol. The SMILES string of the molecule is CC(c1ccc(O)cc1)(c1ccc(O)cc1)c1ccc(OP(Cc2ccccc2)(Cc2ccccc2)(Cc2ccccc2)Cc2ccccc2)cc1. The Bertz CT molecular complexity index is 1940. The molecule has 52 heavy (non-hydrogen) atoms. The van der Waals surface area contributed by atoms with Crippen LogP contribution in [0.3, 0.4) is 0 Å². The first-order valence-corrected chi connectivity index (χ1v) is 20.8. The number of phenolic OH excluding ortho intramolecular Hbond substituents is 2. The molecule has 3 nitrogen and oxygen atoms in total. The molecule has 0 saturated carbocycles. The fourth-order valence-corrected chi connectivity index (χ4v) is 14.1. The third-order valence-electron chi connectivity index (χ3n) is 10.4. The second-order valence-electron chi connectivity index (χ2n) is 14.3. The zero-order valence-electron chi connectivity index (χ0n) is 29.6. The summed E-state index contributed by atoms with van der Waals surface area (Å²) in [5.41, 5.74) is 7.66. The molecule has 7 aromatic rings. The molecule has 0 unspecified atom stereocenters. The molecule has 0 aromatic heterocycles. The molecule has 0 radical (unpaired) electrons. The molecule has 0 fully saturated rings. The summed E-state index contributed by atoms with van der Waals surface area (Å²) in [4.78, 5) is 0. The van der Waals surface area contributed by atoms with Crippen molar-refractivity contribution in [3.8, 4) is 17.2 Å². The molecular weight excluding hydrogens is 655 g/mol. The van der Waals surface area contributed by atoms with Crippen LogP contribution in [0.2, 0.25) is 0 Å². The fourth-order valence-electron chi connectivity index (χ4n) is 7.88. The molecule has 0 saturated heterocycles. The number of aromatic hydroxyl groups is 2. The van der Waals surface area contributed by atoms with Gasteiger partial charge in [0, 0.05) is 0 Å². The quantitative estimate of drug-likeness (QED) is 0.0930. The van der Waals surface area contributed by atoms with Crippen LogP contribution in [0.15, 0.2) is 194 Å². The van der Waals surface area contributed by atoms with Crippen molar-refractivity contribution in [2.75, 3.05) is 0 Å². The summed E-state index contributed by atoms with van der Waals surface area (Å²) < 4.78 is 7.88. The Balaban J connectivity index is 1.40. The third kappa shape index (κ3) is 7.66. The van der Waals surface area contributed by atoms with Gasteiger partial charge in [0.2, 0.25) is 0 Å². The van der Waals surface area contributed by atoms with Crippen LogP contribution in [-0.4, -0.2) is 10.2 Å². The van der Waals surface area contributed by atoms with E-state index < -0.39 is 12.2 Å². The zero-order chi connectivity index (χ0) is 35.9. The van der Waals surface area contributed by atoms with Crippen LogP contribution in [-0.2, 0) is 30.1 Å². The molecule has 0 aliphatic carbocycles. The van der Waals surface area contributed by atoms with Crippen molar-refractivity contribution in [3.05, 3.63) is 233 Å². The van der Waals surface area contributed by atoms with Crippen LogP contribution >= 0.6 is 6.83 Å². The monoisotopic (exact) mass is 700 g/mol. The first-order chi connectivity index (χ1) is 25.3. The Labute approximate surface area is 307 Å². The number of benzene rings is 7. The standard InChI is InChI=1S/C48H45O3P/c1-48(42-22-28-45(49)29-23-42,43-24-30-46(50)31-25-43)44-26-32-47(33-27-44)51-52(34-38-14-6-2-7-15-38,35-39-16-8-3-9-17-39,36-40-18-10-4-11-19-40)37-41-20-12-5-13-21-41/h2-33,49-50H,34-37H2,1H3. The van der Waals surface area contributed by atoms with Crippen LogP contribution in [0.1, 0.15) is 45.9 Å². The van der Waals surface area contributed by atoms with Crippen LogP contribution in [0, 0.1) is 0 Å². The number of hydrogen-bond donors (Lipinski definition) is 2. The van der Waals surface area contributed by atoms with Crippen LogP contribution in [0.4, 0.5) is 0 Å². The van der Waals surface area contributed by atoms with E-state index in [1.165, 1.54) is 22.3 Å². The fraction of sp³-hybridized carbons (Fsp3) is 0.125. The van der Waals surface area contributed by atoms with E-state index in [1.807, 2.05) is 24.3 Å². The topological polar surface area (TPSA) is 49.7 Å². The van der Waals surface area contributed by atoms with Gasteiger partial charge in [-0.2, -0.15) is 0 Å². The van der Waals surface area contributed by atoms with E-state index in [9.17, 15) is 10.2 Å². The summed E-state index contributed by atoms with van der Waals surface area (Å²) in [6.07, 6.45) is 3.24. The van der Waals surface area contributed by atoms with Gasteiger partial charge in [-0.25, -0.2) is 0 Å². The van der Waals surface area contributed by atoms with Gasteiger partial charge in [0.15, 0.2) is 0 Å². The molecule has 7 rings (SSSR count). The minimum atomic E-state index is -3.34. The van der Waals surface area contributed by atoms with E-state index in [0.717, 1.165) is 47.1 Å². The maximum absolute atomic E-state index is 10.1. The van der Waals surface area contributed by atoms with Crippen LogP contribution < -0.4 is 4.52 Å². The van der Waals surface area contributed by atoms with Crippen LogP contribution in [0.25, 0.3) is 0 Å².